The van der Waals surface area contributed by atoms with E-state index in [2.05, 4.69) is 94.2 Å². The molecule has 0 aromatic heterocycles. The lowest BCUT2D eigenvalue weighted by molar-refractivity contribution is 0.195. The Bertz CT molecular complexity index is 521. The Morgan fingerprint density at radius 3 is 1.48 bits per heavy atom. The molecule has 2 rings (SSSR count). The van der Waals surface area contributed by atoms with E-state index in [4.69, 9.17) is 4.43 Å². The SMILES string of the molecule is CC(C)(O[Si](C)(C)C)[S+](c1ccccc1)c1ccccc1. The Kier molecular flexibility index (Phi) is 4.97. The van der Waals surface area contributed by atoms with Crippen molar-refractivity contribution in [1.29, 1.82) is 0 Å². The Labute approximate surface area is 132 Å². The molecule has 0 aliphatic rings. The van der Waals surface area contributed by atoms with Gasteiger partial charge in [0.25, 0.3) is 0 Å². The summed E-state index contributed by atoms with van der Waals surface area (Å²) < 4.78 is 6.55. The number of hydrogen-bond acceptors (Lipinski definition) is 1. The van der Waals surface area contributed by atoms with Crippen molar-refractivity contribution in [2.45, 2.75) is 48.2 Å². The first-order valence-corrected chi connectivity index (χ1v) is 12.0. The molecule has 112 valence electrons. The second-order valence-electron chi connectivity index (χ2n) is 6.55. The summed E-state index contributed by atoms with van der Waals surface area (Å²) >= 11 is 0. The normalized spacial score (nSPS) is 12.7. The van der Waals surface area contributed by atoms with Gasteiger partial charge in [-0.15, -0.1) is 0 Å². The number of hydrogen-bond donors (Lipinski definition) is 0. The molecule has 0 N–H and O–H groups in total. The lowest BCUT2D eigenvalue weighted by Crippen LogP contribution is -2.44. The predicted octanol–water partition coefficient (Wildman–Crippen LogP) is 5.31. The van der Waals surface area contributed by atoms with Gasteiger partial charge in [-0.05, 0) is 43.9 Å². The summed E-state index contributed by atoms with van der Waals surface area (Å²) in [4.78, 5) is 2.48. The van der Waals surface area contributed by atoms with Crippen LogP contribution in [0.15, 0.2) is 70.5 Å². The van der Waals surface area contributed by atoms with Gasteiger partial charge in [0, 0.05) is 13.8 Å². The minimum Gasteiger partial charge on any atom is -0.373 e. The van der Waals surface area contributed by atoms with E-state index in [1.165, 1.54) is 9.79 Å². The van der Waals surface area contributed by atoms with E-state index in [1.54, 1.807) is 0 Å². The van der Waals surface area contributed by atoms with Crippen LogP contribution in [0.2, 0.25) is 19.6 Å². The highest BCUT2D eigenvalue weighted by Gasteiger charge is 2.46. The minimum absolute atomic E-state index is 0.0956. The van der Waals surface area contributed by atoms with E-state index >= 15 is 0 Å². The zero-order valence-corrected chi connectivity index (χ0v) is 15.4. The van der Waals surface area contributed by atoms with Crippen molar-refractivity contribution in [2.24, 2.45) is 0 Å². The average molecular weight is 318 g/mol. The van der Waals surface area contributed by atoms with E-state index in [9.17, 15) is 0 Å². The first-order chi connectivity index (χ1) is 9.80. The van der Waals surface area contributed by atoms with Crippen LogP contribution >= 0.6 is 0 Å². The molecule has 0 radical (unpaired) electrons. The van der Waals surface area contributed by atoms with Crippen LogP contribution < -0.4 is 0 Å². The van der Waals surface area contributed by atoms with Gasteiger partial charge >= 0.3 is 0 Å². The van der Waals surface area contributed by atoms with Gasteiger partial charge in [-0.1, -0.05) is 36.4 Å². The molecule has 0 aliphatic heterocycles. The standard InChI is InChI=1S/C18H25OSSi/c1-18(2,19-21(3,4)5)20(16-12-8-6-9-13-16)17-14-10-7-11-15-17/h6-15H,1-5H3/q+1. The molecule has 0 unspecified atom stereocenters. The highest BCUT2D eigenvalue weighted by atomic mass is 32.2. The van der Waals surface area contributed by atoms with Crippen molar-refractivity contribution < 1.29 is 4.43 Å². The second-order valence-corrected chi connectivity index (χ2v) is 13.5. The summed E-state index contributed by atoms with van der Waals surface area (Å²) in [5.74, 6) is 0. The fourth-order valence-electron chi connectivity index (χ4n) is 2.60. The fraction of sp³-hybridized carbons (Fsp3) is 0.333. The van der Waals surface area contributed by atoms with Crippen LogP contribution in [0.25, 0.3) is 0 Å². The van der Waals surface area contributed by atoms with Gasteiger partial charge in [0.05, 0.1) is 10.9 Å². The third kappa shape index (κ3) is 4.47. The summed E-state index contributed by atoms with van der Waals surface area (Å²) in [6.45, 7) is 11.2. The third-order valence-electron chi connectivity index (χ3n) is 3.00. The van der Waals surface area contributed by atoms with E-state index < -0.39 is 8.32 Å². The molecule has 0 atom stereocenters. The molecule has 0 bridgehead atoms. The Morgan fingerprint density at radius 2 is 1.14 bits per heavy atom. The smallest absolute Gasteiger partial charge is 0.224 e. The molecular weight excluding hydrogens is 292 g/mol. The molecule has 21 heavy (non-hydrogen) atoms. The largest absolute Gasteiger partial charge is 0.373 e. The lowest BCUT2D eigenvalue weighted by atomic mass is 10.4. The molecule has 0 aliphatic carbocycles. The molecule has 0 spiro atoms. The maximum atomic E-state index is 6.55. The molecule has 0 amide bonds. The number of rotatable bonds is 5. The van der Waals surface area contributed by atoms with Crippen LogP contribution in [0.5, 0.6) is 0 Å². The zero-order valence-electron chi connectivity index (χ0n) is 13.6. The topological polar surface area (TPSA) is 9.23 Å². The van der Waals surface area contributed by atoms with E-state index in [0.29, 0.717) is 0 Å². The fourth-order valence-corrected chi connectivity index (χ4v) is 7.42. The van der Waals surface area contributed by atoms with Crippen LogP contribution in [0.1, 0.15) is 13.8 Å². The molecule has 2 aromatic carbocycles. The Hall–Kier alpha value is -1.03. The summed E-state index contributed by atoms with van der Waals surface area (Å²) in [7, 11) is -1.71. The van der Waals surface area contributed by atoms with Gasteiger partial charge in [0.2, 0.25) is 4.93 Å². The highest BCUT2D eigenvalue weighted by Crippen LogP contribution is 2.37. The van der Waals surface area contributed by atoms with Crippen LogP contribution in [-0.2, 0) is 15.3 Å². The summed E-state index contributed by atoms with van der Waals surface area (Å²) in [6.07, 6.45) is 0. The molecule has 0 saturated carbocycles. The molecule has 0 heterocycles. The Morgan fingerprint density at radius 1 is 0.762 bits per heavy atom. The van der Waals surface area contributed by atoms with Crippen molar-refractivity contribution in [1.82, 2.24) is 0 Å². The minimum atomic E-state index is -1.61. The van der Waals surface area contributed by atoms with Crippen LogP contribution in [0.4, 0.5) is 0 Å². The van der Waals surface area contributed by atoms with Gasteiger partial charge < -0.3 is 4.43 Å². The average Bonchev–Trinajstić information content (AvgIpc) is 2.38. The monoisotopic (exact) mass is 317 g/mol. The van der Waals surface area contributed by atoms with Gasteiger partial charge in [-0.2, -0.15) is 0 Å². The van der Waals surface area contributed by atoms with E-state index in [0.717, 1.165) is 0 Å². The van der Waals surface area contributed by atoms with Crippen LogP contribution in [0.3, 0.4) is 0 Å². The first kappa shape index (κ1) is 16.3. The zero-order chi connectivity index (χ0) is 15.5. The van der Waals surface area contributed by atoms with Gasteiger partial charge in [0.15, 0.2) is 18.1 Å². The maximum Gasteiger partial charge on any atom is 0.224 e. The Balaban J connectivity index is 2.47. The molecule has 1 nitrogen and oxygen atoms in total. The quantitative estimate of drug-likeness (QED) is 0.536. The number of benzene rings is 2. The molecular formula is C18H25OSSi+. The van der Waals surface area contributed by atoms with Crippen molar-refractivity contribution >= 4 is 19.2 Å². The summed E-state index contributed by atoms with van der Waals surface area (Å²) in [5, 5.41) is 0. The summed E-state index contributed by atoms with van der Waals surface area (Å²) in [6, 6.07) is 21.5. The molecule has 0 fully saturated rings. The van der Waals surface area contributed by atoms with Crippen molar-refractivity contribution in [3.8, 4) is 0 Å². The maximum absolute atomic E-state index is 6.55. The summed E-state index contributed by atoms with van der Waals surface area (Å²) in [5.41, 5.74) is 0. The van der Waals surface area contributed by atoms with Gasteiger partial charge in [0.1, 0.15) is 0 Å². The molecule has 2 aromatic rings. The molecule has 3 heteroatoms. The van der Waals surface area contributed by atoms with Crippen molar-refractivity contribution in [3.05, 3.63) is 60.7 Å². The van der Waals surface area contributed by atoms with Crippen LogP contribution in [0, 0.1) is 0 Å². The van der Waals surface area contributed by atoms with E-state index in [-0.39, 0.29) is 15.8 Å². The predicted molar refractivity (Wildman–Crippen MR) is 95.3 cm³/mol. The van der Waals surface area contributed by atoms with Crippen LogP contribution in [-0.4, -0.2) is 13.3 Å². The van der Waals surface area contributed by atoms with E-state index in [1.807, 2.05) is 0 Å². The second kappa shape index (κ2) is 6.38. The molecule has 0 saturated heterocycles. The lowest BCUT2D eigenvalue weighted by Gasteiger charge is -2.32. The third-order valence-corrected chi connectivity index (χ3v) is 6.83. The first-order valence-electron chi connectivity index (χ1n) is 7.34. The highest BCUT2D eigenvalue weighted by molar-refractivity contribution is 7.98. The van der Waals surface area contributed by atoms with Gasteiger partial charge in [-0.3, -0.25) is 0 Å². The van der Waals surface area contributed by atoms with Crippen molar-refractivity contribution in [3.63, 3.8) is 0 Å². The van der Waals surface area contributed by atoms with Gasteiger partial charge in [-0.25, -0.2) is 0 Å². The van der Waals surface area contributed by atoms with Crippen molar-refractivity contribution in [2.75, 3.05) is 0 Å².